The van der Waals surface area contributed by atoms with Gasteiger partial charge in [0, 0.05) is 11.1 Å². The molecule has 0 saturated carbocycles. The van der Waals surface area contributed by atoms with Crippen molar-refractivity contribution in [2.75, 3.05) is 0 Å². The van der Waals surface area contributed by atoms with E-state index in [2.05, 4.69) is 180 Å². The SMILES string of the molecule is Clc1nc(-c2ccc(-c3cccc4ccccc34)cc2)nc(-c2ccc3c(c2)C(c2ccccc2)(c2ccccc2)c2ccccc2-3)n1. The fourth-order valence-corrected chi connectivity index (χ4v) is 7.63. The van der Waals surface area contributed by atoms with E-state index >= 15 is 0 Å². The summed E-state index contributed by atoms with van der Waals surface area (Å²) in [5.41, 5.74) is 10.9. The number of halogens is 1. The Morgan fingerprint density at radius 1 is 0.396 bits per heavy atom. The van der Waals surface area contributed by atoms with Gasteiger partial charge in [-0.1, -0.05) is 164 Å². The maximum absolute atomic E-state index is 6.62. The summed E-state index contributed by atoms with van der Waals surface area (Å²) in [5, 5.41) is 2.60. The molecule has 226 valence electrons. The molecule has 0 aliphatic heterocycles. The predicted molar refractivity (Wildman–Crippen MR) is 196 cm³/mol. The fourth-order valence-electron chi connectivity index (χ4n) is 7.47. The van der Waals surface area contributed by atoms with Crippen molar-refractivity contribution < 1.29 is 0 Å². The van der Waals surface area contributed by atoms with E-state index in [-0.39, 0.29) is 5.28 Å². The van der Waals surface area contributed by atoms with Gasteiger partial charge in [0.1, 0.15) is 0 Å². The highest BCUT2D eigenvalue weighted by Gasteiger charge is 2.46. The van der Waals surface area contributed by atoms with Crippen LogP contribution in [0.25, 0.3) is 55.8 Å². The number of hydrogen-bond acceptors (Lipinski definition) is 3. The van der Waals surface area contributed by atoms with Gasteiger partial charge >= 0.3 is 0 Å². The van der Waals surface area contributed by atoms with Crippen LogP contribution in [0.1, 0.15) is 22.3 Å². The van der Waals surface area contributed by atoms with Crippen molar-refractivity contribution in [2.24, 2.45) is 0 Å². The van der Waals surface area contributed by atoms with Crippen LogP contribution in [0.2, 0.25) is 5.28 Å². The first-order valence-electron chi connectivity index (χ1n) is 16.1. The van der Waals surface area contributed by atoms with Gasteiger partial charge in [0.25, 0.3) is 0 Å². The summed E-state index contributed by atoms with van der Waals surface area (Å²) in [6.07, 6.45) is 0. The molecular formula is C44H28ClN3. The minimum atomic E-state index is -0.512. The van der Waals surface area contributed by atoms with Crippen molar-refractivity contribution in [2.45, 2.75) is 5.41 Å². The summed E-state index contributed by atoms with van der Waals surface area (Å²) in [4.78, 5) is 14.2. The average Bonchev–Trinajstić information content (AvgIpc) is 3.45. The van der Waals surface area contributed by atoms with Crippen LogP contribution in [0, 0.1) is 0 Å². The number of rotatable bonds is 5. The Morgan fingerprint density at radius 2 is 0.938 bits per heavy atom. The summed E-state index contributed by atoms with van der Waals surface area (Å²) in [6, 6.07) is 60.0. The van der Waals surface area contributed by atoms with E-state index in [1.54, 1.807) is 0 Å². The lowest BCUT2D eigenvalue weighted by molar-refractivity contribution is 0.768. The molecule has 9 rings (SSSR count). The first kappa shape index (κ1) is 28.3. The third-order valence-electron chi connectivity index (χ3n) is 9.57. The predicted octanol–water partition coefficient (Wildman–Crippen LogP) is 11.0. The standard InChI is InChI=1S/C44H28ClN3/c45-43-47-41(31-24-22-30(23-25-31)36-20-11-13-29-12-7-8-18-35(29)36)46-42(48-43)32-26-27-38-37-19-9-10-21-39(37)44(40(38)28-32,33-14-3-1-4-15-33)34-16-5-2-6-17-34/h1-28H. The van der Waals surface area contributed by atoms with Crippen molar-refractivity contribution >= 4 is 22.4 Å². The minimum absolute atomic E-state index is 0.161. The molecule has 0 saturated heterocycles. The lowest BCUT2D eigenvalue weighted by atomic mass is 9.67. The van der Waals surface area contributed by atoms with Crippen LogP contribution in [0.4, 0.5) is 0 Å². The summed E-state index contributed by atoms with van der Waals surface area (Å²) >= 11 is 6.62. The van der Waals surface area contributed by atoms with Gasteiger partial charge in [0.05, 0.1) is 5.41 Å². The highest BCUT2D eigenvalue weighted by Crippen LogP contribution is 2.56. The third-order valence-corrected chi connectivity index (χ3v) is 9.74. The molecule has 0 unspecified atom stereocenters. The molecule has 4 heteroatoms. The summed E-state index contributed by atoms with van der Waals surface area (Å²) in [7, 11) is 0. The fraction of sp³-hybridized carbons (Fsp3) is 0.0227. The maximum Gasteiger partial charge on any atom is 0.226 e. The molecule has 1 aliphatic carbocycles. The van der Waals surface area contributed by atoms with E-state index in [4.69, 9.17) is 16.6 Å². The van der Waals surface area contributed by atoms with E-state index < -0.39 is 5.41 Å². The van der Waals surface area contributed by atoms with E-state index in [0.29, 0.717) is 11.6 Å². The molecule has 1 aromatic heterocycles. The van der Waals surface area contributed by atoms with Crippen molar-refractivity contribution in [3.8, 4) is 45.0 Å². The van der Waals surface area contributed by atoms with Gasteiger partial charge < -0.3 is 0 Å². The molecule has 0 fully saturated rings. The zero-order valence-electron chi connectivity index (χ0n) is 25.9. The molecule has 3 nitrogen and oxygen atoms in total. The largest absolute Gasteiger partial charge is 0.226 e. The quantitative estimate of drug-likeness (QED) is 0.189. The van der Waals surface area contributed by atoms with Gasteiger partial charge in [0.2, 0.25) is 5.28 Å². The molecule has 0 spiro atoms. The average molecular weight is 634 g/mol. The Balaban J connectivity index is 1.18. The summed E-state index contributed by atoms with van der Waals surface area (Å²) < 4.78 is 0. The maximum atomic E-state index is 6.62. The van der Waals surface area contributed by atoms with Gasteiger partial charge in [-0.25, -0.2) is 4.98 Å². The Labute approximate surface area is 284 Å². The molecule has 7 aromatic carbocycles. The van der Waals surface area contributed by atoms with Gasteiger partial charge in [-0.05, 0) is 72.9 Å². The molecular weight excluding hydrogens is 606 g/mol. The van der Waals surface area contributed by atoms with E-state index in [9.17, 15) is 0 Å². The normalized spacial score (nSPS) is 12.9. The zero-order chi connectivity index (χ0) is 32.1. The number of nitrogens with zero attached hydrogens (tertiary/aromatic N) is 3. The summed E-state index contributed by atoms with van der Waals surface area (Å²) in [5.74, 6) is 1.08. The van der Waals surface area contributed by atoms with Gasteiger partial charge in [-0.15, -0.1) is 0 Å². The van der Waals surface area contributed by atoms with Gasteiger partial charge in [-0.3, -0.25) is 0 Å². The zero-order valence-corrected chi connectivity index (χ0v) is 26.6. The van der Waals surface area contributed by atoms with Crippen molar-refractivity contribution in [3.63, 3.8) is 0 Å². The summed E-state index contributed by atoms with van der Waals surface area (Å²) in [6.45, 7) is 0. The number of aromatic nitrogens is 3. The first-order chi connectivity index (χ1) is 23.7. The molecule has 0 bridgehead atoms. The minimum Gasteiger partial charge on any atom is -0.208 e. The molecule has 0 atom stereocenters. The van der Waals surface area contributed by atoms with Crippen LogP contribution in [0.15, 0.2) is 170 Å². The van der Waals surface area contributed by atoms with Gasteiger partial charge in [-0.2, -0.15) is 9.97 Å². The van der Waals surface area contributed by atoms with E-state index in [1.807, 2.05) is 0 Å². The molecule has 8 aromatic rings. The Morgan fingerprint density at radius 3 is 1.69 bits per heavy atom. The van der Waals surface area contributed by atoms with Crippen molar-refractivity contribution in [3.05, 3.63) is 197 Å². The Hall–Kier alpha value is -5.90. The second-order valence-corrected chi connectivity index (χ2v) is 12.5. The van der Waals surface area contributed by atoms with Crippen LogP contribution >= 0.6 is 11.6 Å². The number of hydrogen-bond donors (Lipinski definition) is 0. The van der Waals surface area contributed by atoms with Crippen molar-refractivity contribution in [1.82, 2.24) is 15.0 Å². The second kappa shape index (κ2) is 11.4. The third kappa shape index (κ3) is 4.47. The Bertz CT molecular complexity index is 2410. The second-order valence-electron chi connectivity index (χ2n) is 12.1. The van der Waals surface area contributed by atoms with E-state index in [1.165, 1.54) is 49.7 Å². The lowest BCUT2D eigenvalue weighted by Gasteiger charge is -2.34. The number of benzene rings is 7. The lowest BCUT2D eigenvalue weighted by Crippen LogP contribution is -2.28. The molecule has 1 aliphatic rings. The highest BCUT2D eigenvalue weighted by atomic mass is 35.5. The smallest absolute Gasteiger partial charge is 0.208 e. The molecule has 1 heterocycles. The van der Waals surface area contributed by atoms with Crippen LogP contribution in [-0.2, 0) is 5.41 Å². The van der Waals surface area contributed by atoms with Crippen LogP contribution < -0.4 is 0 Å². The molecule has 0 radical (unpaired) electrons. The molecule has 0 amide bonds. The van der Waals surface area contributed by atoms with Crippen LogP contribution in [-0.4, -0.2) is 15.0 Å². The van der Waals surface area contributed by atoms with Crippen LogP contribution in [0.3, 0.4) is 0 Å². The molecule has 0 N–H and O–H groups in total. The first-order valence-corrected chi connectivity index (χ1v) is 16.4. The van der Waals surface area contributed by atoms with Crippen LogP contribution in [0.5, 0.6) is 0 Å². The van der Waals surface area contributed by atoms with E-state index in [0.717, 1.165) is 16.7 Å². The highest BCUT2D eigenvalue weighted by molar-refractivity contribution is 6.28. The molecule has 48 heavy (non-hydrogen) atoms. The Kier molecular flexibility index (Phi) is 6.74. The monoisotopic (exact) mass is 633 g/mol. The van der Waals surface area contributed by atoms with Crippen molar-refractivity contribution in [1.29, 1.82) is 0 Å². The number of fused-ring (bicyclic) bond motifs is 4. The van der Waals surface area contributed by atoms with Gasteiger partial charge in [0.15, 0.2) is 11.6 Å². The topological polar surface area (TPSA) is 38.7 Å².